The molecule has 0 spiro atoms. The van der Waals surface area contributed by atoms with Gasteiger partial charge in [-0.1, -0.05) is 48.0 Å². The second-order valence-electron chi connectivity index (χ2n) is 9.11. The standard InChI is InChI=1S/C29H28ClFN6O/c30-25-18-23(37-15-13-36(12-11-31)14-16-37)8-9-26(25)34-29-33-19-22-5-2-6-24(28(22)35-29)21-4-1-3-20(17-21)7-10-27(32)38/h1-10,17-19H,11-16H2,(H2,32,38)(H,33,34,35). The predicted octanol–water partition coefficient (Wildman–Crippen LogP) is 5.28. The summed E-state index contributed by atoms with van der Waals surface area (Å²) in [6, 6.07) is 19.6. The van der Waals surface area contributed by atoms with Gasteiger partial charge in [0, 0.05) is 61.6 Å². The van der Waals surface area contributed by atoms with Crippen molar-refractivity contribution in [2.75, 3.05) is 49.6 Å². The van der Waals surface area contributed by atoms with Gasteiger partial charge in [0.15, 0.2) is 0 Å². The van der Waals surface area contributed by atoms with Gasteiger partial charge in [-0.2, -0.15) is 0 Å². The van der Waals surface area contributed by atoms with E-state index in [-0.39, 0.29) is 6.67 Å². The van der Waals surface area contributed by atoms with Crippen molar-refractivity contribution in [1.82, 2.24) is 14.9 Å². The molecule has 38 heavy (non-hydrogen) atoms. The summed E-state index contributed by atoms with van der Waals surface area (Å²) in [4.78, 5) is 24.8. The van der Waals surface area contributed by atoms with Crippen LogP contribution in [0.4, 0.5) is 21.7 Å². The summed E-state index contributed by atoms with van der Waals surface area (Å²) in [5.74, 6) is -0.0592. The molecule has 1 aliphatic rings. The Hall–Kier alpha value is -4.01. The molecule has 9 heteroatoms. The van der Waals surface area contributed by atoms with Crippen molar-refractivity contribution in [3.8, 4) is 11.1 Å². The zero-order valence-corrected chi connectivity index (χ0v) is 21.5. The lowest BCUT2D eigenvalue weighted by molar-refractivity contribution is -0.113. The van der Waals surface area contributed by atoms with Crippen LogP contribution in [-0.4, -0.2) is 60.2 Å². The number of rotatable bonds is 8. The lowest BCUT2D eigenvalue weighted by Crippen LogP contribution is -2.47. The molecule has 5 rings (SSSR count). The number of hydrogen-bond acceptors (Lipinski definition) is 6. The fourth-order valence-electron chi connectivity index (χ4n) is 4.61. The summed E-state index contributed by atoms with van der Waals surface area (Å²) in [6.07, 6.45) is 4.81. The number of hydrogen-bond donors (Lipinski definition) is 2. The normalized spacial score (nSPS) is 14.3. The van der Waals surface area contributed by atoms with E-state index in [2.05, 4.69) is 20.1 Å². The van der Waals surface area contributed by atoms with Crippen molar-refractivity contribution in [1.29, 1.82) is 0 Å². The van der Waals surface area contributed by atoms with Crippen LogP contribution in [0.1, 0.15) is 5.56 Å². The van der Waals surface area contributed by atoms with Crippen LogP contribution in [-0.2, 0) is 4.79 Å². The fraction of sp³-hybridized carbons (Fsp3) is 0.207. The quantitative estimate of drug-likeness (QED) is 0.301. The lowest BCUT2D eigenvalue weighted by atomic mass is 10.0. The number of carbonyl (C=O) groups is 1. The Labute approximate surface area is 225 Å². The molecule has 1 aromatic heterocycles. The van der Waals surface area contributed by atoms with Gasteiger partial charge in [0.1, 0.15) is 6.67 Å². The Bertz CT molecular complexity index is 1490. The highest BCUT2D eigenvalue weighted by Gasteiger charge is 2.18. The first-order valence-corrected chi connectivity index (χ1v) is 12.8. The average molecular weight is 531 g/mol. The number of carbonyl (C=O) groups excluding carboxylic acids is 1. The van der Waals surface area contributed by atoms with Crippen molar-refractivity contribution in [2.24, 2.45) is 5.73 Å². The van der Waals surface area contributed by atoms with Gasteiger partial charge in [-0.15, -0.1) is 0 Å². The van der Waals surface area contributed by atoms with Crippen LogP contribution in [0, 0.1) is 0 Å². The van der Waals surface area contributed by atoms with E-state index in [0.29, 0.717) is 23.2 Å². The van der Waals surface area contributed by atoms with Crippen LogP contribution in [0.25, 0.3) is 28.1 Å². The van der Waals surface area contributed by atoms with Gasteiger partial charge in [-0.25, -0.2) is 14.4 Å². The Morgan fingerprint density at radius 2 is 1.89 bits per heavy atom. The Balaban J connectivity index is 1.38. The third kappa shape index (κ3) is 5.93. The highest BCUT2D eigenvalue weighted by Crippen LogP contribution is 2.32. The Kier molecular flexibility index (Phi) is 7.81. The van der Waals surface area contributed by atoms with Crippen LogP contribution >= 0.6 is 11.6 Å². The maximum absolute atomic E-state index is 12.6. The van der Waals surface area contributed by atoms with Crippen LogP contribution < -0.4 is 16.0 Å². The number of amides is 1. The van der Waals surface area contributed by atoms with E-state index in [1.54, 1.807) is 12.3 Å². The molecule has 3 aromatic carbocycles. The largest absolute Gasteiger partial charge is 0.369 e. The summed E-state index contributed by atoms with van der Waals surface area (Å²) in [6.45, 7) is 3.50. The minimum Gasteiger partial charge on any atom is -0.369 e. The molecule has 1 fully saturated rings. The molecule has 0 saturated carbocycles. The average Bonchev–Trinajstić information content (AvgIpc) is 2.93. The van der Waals surface area contributed by atoms with E-state index in [4.69, 9.17) is 22.3 Å². The van der Waals surface area contributed by atoms with Gasteiger partial charge in [0.05, 0.1) is 16.2 Å². The molecule has 1 aliphatic heterocycles. The van der Waals surface area contributed by atoms with Gasteiger partial charge in [0.25, 0.3) is 0 Å². The summed E-state index contributed by atoms with van der Waals surface area (Å²) in [7, 11) is 0. The summed E-state index contributed by atoms with van der Waals surface area (Å²) < 4.78 is 12.6. The van der Waals surface area contributed by atoms with Gasteiger partial charge in [-0.3, -0.25) is 9.69 Å². The summed E-state index contributed by atoms with van der Waals surface area (Å²) in [5, 5.41) is 4.73. The van der Waals surface area contributed by atoms with Crippen molar-refractivity contribution in [2.45, 2.75) is 0 Å². The molecule has 3 N–H and O–H groups in total. The highest BCUT2D eigenvalue weighted by atomic mass is 35.5. The molecule has 7 nitrogen and oxygen atoms in total. The lowest BCUT2D eigenvalue weighted by Gasteiger charge is -2.35. The number of fused-ring (bicyclic) bond motifs is 1. The molecule has 0 atom stereocenters. The summed E-state index contributed by atoms with van der Waals surface area (Å²) in [5.41, 5.74) is 10.5. The van der Waals surface area contributed by atoms with Crippen molar-refractivity contribution < 1.29 is 9.18 Å². The van der Waals surface area contributed by atoms with Crippen LogP contribution in [0.3, 0.4) is 0 Å². The first-order valence-electron chi connectivity index (χ1n) is 12.4. The number of alkyl halides is 1. The molecule has 4 aromatic rings. The number of anilines is 3. The van der Waals surface area contributed by atoms with Gasteiger partial charge >= 0.3 is 0 Å². The number of benzene rings is 3. The van der Waals surface area contributed by atoms with Gasteiger partial charge < -0.3 is 16.0 Å². The molecule has 1 amide bonds. The van der Waals surface area contributed by atoms with E-state index >= 15 is 0 Å². The number of nitrogens with zero attached hydrogens (tertiary/aromatic N) is 4. The molecular weight excluding hydrogens is 503 g/mol. The first-order chi connectivity index (χ1) is 18.5. The molecule has 0 bridgehead atoms. The fourth-order valence-corrected chi connectivity index (χ4v) is 4.83. The SMILES string of the molecule is NC(=O)C=Cc1cccc(-c2cccc3cnc(Nc4ccc(N5CCN(CCF)CC5)cc4Cl)nc23)c1. The monoisotopic (exact) mass is 530 g/mol. The first kappa shape index (κ1) is 25.6. The van der Waals surface area contributed by atoms with Crippen LogP contribution in [0.15, 0.2) is 72.9 Å². The van der Waals surface area contributed by atoms with E-state index in [1.165, 1.54) is 6.08 Å². The van der Waals surface area contributed by atoms with Crippen molar-refractivity contribution >= 4 is 51.8 Å². The number of para-hydroxylation sites is 1. The van der Waals surface area contributed by atoms with Crippen molar-refractivity contribution in [3.63, 3.8) is 0 Å². The van der Waals surface area contributed by atoms with Crippen molar-refractivity contribution in [3.05, 3.63) is 83.5 Å². The van der Waals surface area contributed by atoms with Gasteiger partial charge in [0.2, 0.25) is 11.9 Å². The molecule has 1 saturated heterocycles. The maximum Gasteiger partial charge on any atom is 0.241 e. The van der Waals surface area contributed by atoms with E-state index in [1.807, 2.05) is 60.7 Å². The Morgan fingerprint density at radius 3 is 2.66 bits per heavy atom. The molecule has 194 valence electrons. The number of nitrogens with one attached hydrogen (secondary N) is 1. The number of halogens is 2. The van der Waals surface area contributed by atoms with E-state index in [9.17, 15) is 9.18 Å². The summed E-state index contributed by atoms with van der Waals surface area (Å²) >= 11 is 6.65. The van der Waals surface area contributed by atoms with Gasteiger partial charge in [-0.05, 0) is 41.5 Å². The number of nitrogens with two attached hydrogens (primary N) is 1. The second-order valence-corrected chi connectivity index (χ2v) is 9.51. The van der Waals surface area contributed by atoms with Crippen LogP contribution in [0.5, 0.6) is 0 Å². The molecular formula is C29H28ClFN6O. The predicted molar refractivity (Wildman–Crippen MR) is 153 cm³/mol. The maximum atomic E-state index is 12.6. The molecule has 0 aliphatic carbocycles. The third-order valence-corrected chi connectivity index (χ3v) is 6.90. The number of piperazine rings is 1. The molecule has 0 unspecified atom stereocenters. The minimum absolute atomic E-state index is 0.314. The number of aromatic nitrogens is 2. The smallest absolute Gasteiger partial charge is 0.241 e. The molecule has 2 heterocycles. The Morgan fingerprint density at radius 1 is 1.08 bits per heavy atom. The molecule has 0 radical (unpaired) electrons. The third-order valence-electron chi connectivity index (χ3n) is 6.59. The topological polar surface area (TPSA) is 87.4 Å². The van der Waals surface area contributed by atoms with E-state index in [0.717, 1.165) is 59.5 Å². The number of primary amides is 1. The highest BCUT2D eigenvalue weighted by molar-refractivity contribution is 6.33. The zero-order chi connectivity index (χ0) is 26.5. The van der Waals surface area contributed by atoms with Crippen LogP contribution in [0.2, 0.25) is 5.02 Å². The van der Waals surface area contributed by atoms with E-state index < -0.39 is 5.91 Å². The second kappa shape index (κ2) is 11.6. The zero-order valence-electron chi connectivity index (χ0n) is 20.8. The minimum atomic E-state index is -0.494.